The van der Waals surface area contributed by atoms with Crippen LogP contribution in [-0.4, -0.2) is 45.0 Å². The molecule has 0 atom stereocenters. The molecule has 28 heavy (non-hydrogen) atoms. The molecule has 7 nitrogen and oxygen atoms in total. The molecule has 0 N–H and O–H groups in total. The first-order valence-corrected chi connectivity index (χ1v) is 9.47. The topological polar surface area (TPSA) is 77.3 Å². The minimum atomic E-state index is -0.0889. The number of rotatable bonds is 4. The molecular weight excluding hydrogens is 380 g/mol. The zero-order valence-electron chi connectivity index (χ0n) is 15.1. The molecule has 3 aromatic rings. The summed E-state index contributed by atoms with van der Waals surface area (Å²) in [6.07, 6.45) is 4.57. The lowest BCUT2D eigenvalue weighted by atomic mass is 10.0. The van der Waals surface area contributed by atoms with Gasteiger partial charge in [-0.2, -0.15) is 0 Å². The number of amides is 1. The Morgan fingerprint density at radius 3 is 2.64 bits per heavy atom. The number of fused-ring (bicyclic) bond motifs is 1. The third-order valence-electron chi connectivity index (χ3n) is 4.94. The molecule has 1 aromatic carbocycles. The molecule has 3 heterocycles. The molecule has 0 spiro atoms. The van der Waals surface area contributed by atoms with Crippen molar-refractivity contribution in [2.24, 2.45) is 0 Å². The normalized spacial score (nSPS) is 15.0. The van der Waals surface area contributed by atoms with Gasteiger partial charge in [0.2, 0.25) is 0 Å². The van der Waals surface area contributed by atoms with Gasteiger partial charge in [0.15, 0.2) is 12.3 Å². The van der Waals surface area contributed by atoms with Gasteiger partial charge in [0.1, 0.15) is 12.1 Å². The molecule has 1 fully saturated rings. The number of hydrogen-bond donors (Lipinski definition) is 0. The number of benzene rings is 1. The molecule has 1 amide bonds. The van der Waals surface area contributed by atoms with Gasteiger partial charge < -0.3 is 9.64 Å². The van der Waals surface area contributed by atoms with Crippen molar-refractivity contribution in [1.29, 1.82) is 0 Å². The summed E-state index contributed by atoms with van der Waals surface area (Å²) in [5.74, 6) is 0.539. The average molecular weight is 399 g/mol. The van der Waals surface area contributed by atoms with Crippen LogP contribution in [0.15, 0.2) is 53.7 Å². The van der Waals surface area contributed by atoms with Gasteiger partial charge in [-0.15, -0.1) is 0 Å². The number of pyridine rings is 1. The van der Waals surface area contributed by atoms with E-state index in [1.165, 1.54) is 0 Å². The molecule has 1 aliphatic rings. The van der Waals surface area contributed by atoms with E-state index in [1.54, 1.807) is 58.4 Å². The average Bonchev–Trinajstić information content (AvgIpc) is 2.74. The number of likely N-dealkylation sites (tertiary alicyclic amines) is 1. The van der Waals surface area contributed by atoms with Gasteiger partial charge in [-0.05, 0) is 49.2 Å². The Bertz CT molecular complexity index is 1040. The van der Waals surface area contributed by atoms with Crippen LogP contribution in [0.4, 0.5) is 0 Å². The summed E-state index contributed by atoms with van der Waals surface area (Å²) in [6, 6.07) is 10.4. The van der Waals surface area contributed by atoms with Crippen LogP contribution in [0.3, 0.4) is 0 Å². The van der Waals surface area contributed by atoms with Gasteiger partial charge in [-0.25, -0.2) is 9.97 Å². The standard InChI is InChI=1S/C20H19ClN4O3/c21-14-3-5-16(6-4-14)28-12-18(26)24-10-7-15(8-11-24)25-13-23-19-17(20(25)27)2-1-9-22-19/h1-6,9,13,15H,7-8,10-12H2. The summed E-state index contributed by atoms with van der Waals surface area (Å²) in [4.78, 5) is 35.3. The molecular formula is C20H19ClN4O3. The minimum absolute atomic E-state index is 0.0184. The zero-order valence-corrected chi connectivity index (χ0v) is 15.9. The lowest BCUT2D eigenvalue weighted by molar-refractivity contribution is -0.134. The van der Waals surface area contributed by atoms with E-state index in [1.807, 2.05) is 0 Å². The fourth-order valence-corrected chi connectivity index (χ4v) is 3.52. The zero-order chi connectivity index (χ0) is 19.5. The van der Waals surface area contributed by atoms with Gasteiger partial charge in [0.25, 0.3) is 11.5 Å². The molecule has 144 valence electrons. The van der Waals surface area contributed by atoms with Crippen molar-refractivity contribution >= 4 is 28.5 Å². The Morgan fingerprint density at radius 2 is 1.89 bits per heavy atom. The molecule has 0 saturated carbocycles. The highest BCUT2D eigenvalue weighted by Crippen LogP contribution is 2.22. The predicted molar refractivity (Wildman–Crippen MR) is 106 cm³/mol. The molecule has 1 aliphatic heterocycles. The fraction of sp³-hybridized carbons (Fsp3) is 0.300. The van der Waals surface area contributed by atoms with Gasteiger partial charge in [0.05, 0.1) is 5.39 Å². The number of piperidine rings is 1. The summed E-state index contributed by atoms with van der Waals surface area (Å²) in [5.41, 5.74) is 0.365. The quantitative estimate of drug-likeness (QED) is 0.675. The summed E-state index contributed by atoms with van der Waals surface area (Å²) in [5, 5.41) is 1.13. The van der Waals surface area contributed by atoms with E-state index in [2.05, 4.69) is 9.97 Å². The van der Waals surface area contributed by atoms with Crippen molar-refractivity contribution in [3.63, 3.8) is 0 Å². The van der Waals surface area contributed by atoms with Crippen molar-refractivity contribution in [3.8, 4) is 5.75 Å². The van der Waals surface area contributed by atoms with E-state index in [0.29, 0.717) is 47.7 Å². The number of hydrogen-bond acceptors (Lipinski definition) is 5. The first-order valence-electron chi connectivity index (χ1n) is 9.10. The highest BCUT2D eigenvalue weighted by atomic mass is 35.5. The second-order valence-corrected chi connectivity index (χ2v) is 7.12. The SMILES string of the molecule is O=C(COc1ccc(Cl)cc1)N1CCC(n2cnc3ncccc3c2=O)CC1. The summed E-state index contributed by atoms with van der Waals surface area (Å²) in [6.45, 7) is 1.13. The van der Waals surface area contributed by atoms with Crippen molar-refractivity contribution in [2.75, 3.05) is 19.7 Å². The van der Waals surface area contributed by atoms with Gasteiger partial charge in [-0.3, -0.25) is 14.2 Å². The second-order valence-electron chi connectivity index (χ2n) is 6.69. The van der Waals surface area contributed by atoms with E-state index in [9.17, 15) is 9.59 Å². The maximum absolute atomic E-state index is 12.7. The Balaban J connectivity index is 1.36. The van der Waals surface area contributed by atoms with E-state index in [4.69, 9.17) is 16.3 Å². The molecule has 0 unspecified atom stereocenters. The van der Waals surface area contributed by atoms with Crippen LogP contribution >= 0.6 is 11.6 Å². The van der Waals surface area contributed by atoms with Crippen molar-refractivity contribution < 1.29 is 9.53 Å². The smallest absolute Gasteiger partial charge is 0.263 e. The molecule has 8 heteroatoms. The monoisotopic (exact) mass is 398 g/mol. The molecule has 0 aliphatic carbocycles. The van der Waals surface area contributed by atoms with Crippen LogP contribution in [0.1, 0.15) is 18.9 Å². The van der Waals surface area contributed by atoms with Crippen LogP contribution in [0.5, 0.6) is 5.75 Å². The van der Waals surface area contributed by atoms with Gasteiger partial charge >= 0.3 is 0 Å². The lowest BCUT2D eigenvalue weighted by Crippen LogP contribution is -2.42. The van der Waals surface area contributed by atoms with Crippen LogP contribution in [-0.2, 0) is 4.79 Å². The summed E-state index contributed by atoms with van der Waals surface area (Å²) in [7, 11) is 0. The van der Waals surface area contributed by atoms with Crippen LogP contribution in [0.25, 0.3) is 11.0 Å². The van der Waals surface area contributed by atoms with E-state index in [0.717, 1.165) is 0 Å². The number of nitrogens with zero attached hydrogens (tertiary/aromatic N) is 4. The Morgan fingerprint density at radius 1 is 1.14 bits per heavy atom. The number of aromatic nitrogens is 3. The fourth-order valence-electron chi connectivity index (χ4n) is 3.40. The van der Waals surface area contributed by atoms with E-state index in [-0.39, 0.29) is 24.1 Å². The third-order valence-corrected chi connectivity index (χ3v) is 5.19. The maximum atomic E-state index is 12.7. The van der Waals surface area contributed by atoms with Crippen LogP contribution in [0, 0.1) is 0 Å². The van der Waals surface area contributed by atoms with Gasteiger partial charge in [0, 0.05) is 30.4 Å². The highest BCUT2D eigenvalue weighted by Gasteiger charge is 2.25. The minimum Gasteiger partial charge on any atom is -0.484 e. The lowest BCUT2D eigenvalue weighted by Gasteiger charge is -2.32. The molecule has 0 bridgehead atoms. The largest absolute Gasteiger partial charge is 0.484 e. The number of carbonyl (C=O) groups is 1. The summed E-state index contributed by atoms with van der Waals surface area (Å²) < 4.78 is 7.20. The van der Waals surface area contributed by atoms with Crippen LogP contribution in [0.2, 0.25) is 5.02 Å². The molecule has 0 radical (unpaired) electrons. The number of halogens is 1. The van der Waals surface area contributed by atoms with Crippen molar-refractivity contribution in [1.82, 2.24) is 19.4 Å². The molecule has 4 rings (SSSR count). The Hall–Kier alpha value is -2.93. The van der Waals surface area contributed by atoms with E-state index >= 15 is 0 Å². The van der Waals surface area contributed by atoms with Gasteiger partial charge in [-0.1, -0.05) is 11.6 Å². The maximum Gasteiger partial charge on any atom is 0.263 e. The first-order chi connectivity index (χ1) is 13.6. The summed E-state index contributed by atoms with van der Waals surface area (Å²) >= 11 is 5.84. The second kappa shape index (κ2) is 7.98. The number of ether oxygens (including phenoxy) is 1. The predicted octanol–water partition coefficient (Wildman–Crippen LogP) is 2.69. The first kappa shape index (κ1) is 18.4. The third kappa shape index (κ3) is 3.84. The van der Waals surface area contributed by atoms with E-state index < -0.39 is 0 Å². The van der Waals surface area contributed by atoms with Crippen LogP contribution < -0.4 is 10.3 Å². The Labute approximate surface area is 166 Å². The highest BCUT2D eigenvalue weighted by molar-refractivity contribution is 6.30. The Kier molecular flexibility index (Phi) is 5.25. The van der Waals surface area contributed by atoms with Crippen molar-refractivity contribution in [2.45, 2.75) is 18.9 Å². The van der Waals surface area contributed by atoms with Crippen molar-refractivity contribution in [3.05, 3.63) is 64.3 Å². The molecule has 1 saturated heterocycles. The molecule has 2 aromatic heterocycles. The number of carbonyl (C=O) groups excluding carboxylic acids is 1.